The highest BCUT2D eigenvalue weighted by molar-refractivity contribution is 6.32. The molecule has 98 valence electrons. The van der Waals surface area contributed by atoms with E-state index in [4.69, 9.17) is 4.74 Å². The number of anilines is 1. The lowest BCUT2D eigenvalue weighted by molar-refractivity contribution is -0.111. The number of hydrogen-bond acceptors (Lipinski definition) is 2. The molecule has 0 bridgehead atoms. The fourth-order valence-corrected chi connectivity index (χ4v) is 2.27. The van der Waals surface area contributed by atoms with Crippen molar-refractivity contribution in [3.05, 3.63) is 47.0 Å². The van der Waals surface area contributed by atoms with Crippen LogP contribution in [0.5, 0.6) is 0 Å². The standard InChI is InChI=1S/C15H14FNO2/c1-8-6-12(19-15(8,2)3)13-10-5-4-9(16)7-11(10)17-14(13)18/h4-7H,1-3H3,(H,17,18)/b13-12+. The number of fused-ring (bicyclic) bond motifs is 1. The van der Waals surface area contributed by atoms with E-state index in [9.17, 15) is 9.18 Å². The molecule has 2 heterocycles. The van der Waals surface area contributed by atoms with Crippen molar-refractivity contribution in [3.63, 3.8) is 0 Å². The Balaban J connectivity index is 2.16. The zero-order valence-electron chi connectivity index (χ0n) is 11.0. The SMILES string of the molecule is CC1=C/C(=C2\C(=O)Nc3cc(F)ccc32)OC1(C)C. The average molecular weight is 259 g/mol. The average Bonchev–Trinajstić information content (AvgIpc) is 2.75. The summed E-state index contributed by atoms with van der Waals surface area (Å²) in [7, 11) is 0. The molecule has 4 heteroatoms. The van der Waals surface area contributed by atoms with Gasteiger partial charge in [0, 0.05) is 5.56 Å². The van der Waals surface area contributed by atoms with Crippen molar-refractivity contribution in [3.8, 4) is 0 Å². The van der Waals surface area contributed by atoms with Gasteiger partial charge in [-0.05, 0) is 50.6 Å². The molecule has 19 heavy (non-hydrogen) atoms. The first-order valence-corrected chi connectivity index (χ1v) is 6.12. The summed E-state index contributed by atoms with van der Waals surface area (Å²) < 4.78 is 19.0. The zero-order chi connectivity index (χ0) is 13.8. The lowest BCUT2D eigenvalue weighted by atomic mass is 10.0. The third kappa shape index (κ3) is 1.75. The minimum atomic E-state index is -0.411. The Labute approximate surface area is 110 Å². The molecule has 0 spiro atoms. The minimum Gasteiger partial charge on any atom is -0.483 e. The van der Waals surface area contributed by atoms with E-state index in [0.29, 0.717) is 22.6 Å². The number of rotatable bonds is 0. The molecular formula is C15H14FNO2. The number of allylic oxidation sites excluding steroid dienone is 1. The van der Waals surface area contributed by atoms with Crippen LogP contribution in [0.25, 0.3) is 5.57 Å². The minimum absolute atomic E-state index is 0.252. The molecule has 2 aliphatic heterocycles. The molecule has 0 saturated heterocycles. The van der Waals surface area contributed by atoms with Crippen molar-refractivity contribution in [2.75, 3.05) is 5.32 Å². The molecule has 0 saturated carbocycles. The molecule has 1 N–H and O–H groups in total. The van der Waals surface area contributed by atoms with Crippen LogP contribution in [-0.4, -0.2) is 11.5 Å². The molecule has 2 aliphatic rings. The Kier molecular flexibility index (Phi) is 2.33. The number of carbonyl (C=O) groups excluding carboxylic acids is 1. The van der Waals surface area contributed by atoms with Gasteiger partial charge in [0.2, 0.25) is 0 Å². The normalized spacial score (nSPS) is 23.8. The lowest BCUT2D eigenvalue weighted by Crippen LogP contribution is -2.20. The summed E-state index contributed by atoms with van der Waals surface area (Å²) in [6, 6.07) is 4.26. The van der Waals surface area contributed by atoms with Crippen molar-refractivity contribution in [1.82, 2.24) is 0 Å². The highest BCUT2D eigenvalue weighted by atomic mass is 19.1. The summed E-state index contributed by atoms with van der Waals surface area (Å²) in [6.07, 6.45) is 1.87. The van der Waals surface area contributed by atoms with Gasteiger partial charge < -0.3 is 10.1 Å². The number of halogens is 1. The maximum Gasteiger partial charge on any atom is 0.260 e. The second-order valence-electron chi connectivity index (χ2n) is 5.32. The molecular weight excluding hydrogens is 245 g/mol. The first kappa shape index (κ1) is 12.0. The summed E-state index contributed by atoms with van der Waals surface area (Å²) in [6.45, 7) is 5.86. The Bertz CT molecular complexity index is 656. The van der Waals surface area contributed by atoms with Gasteiger partial charge in [-0.2, -0.15) is 0 Å². The van der Waals surface area contributed by atoms with Gasteiger partial charge in [-0.25, -0.2) is 4.39 Å². The summed E-state index contributed by atoms with van der Waals surface area (Å²) in [5.41, 5.74) is 2.29. The van der Waals surface area contributed by atoms with E-state index in [0.717, 1.165) is 5.57 Å². The topological polar surface area (TPSA) is 38.3 Å². The highest BCUT2D eigenvalue weighted by Crippen LogP contribution is 2.40. The van der Waals surface area contributed by atoms with E-state index < -0.39 is 5.60 Å². The number of amides is 1. The lowest BCUT2D eigenvalue weighted by Gasteiger charge is -2.21. The van der Waals surface area contributed by atoms with Gasteiger partial charge in [-0.15, -0.1) is 0 Å². The largest absolute Gasteiger partial charge is 0.483 e. The van der Waals surface area contributed by atoms with Gasteiger partial charge in [0.15, 0.2) is 0 Å². The molecule has 3 nitrogen and oxygen atoms in total. The van der Waals surface area contributed by atoms with Gasteiger partial charge in [0.1, 0.15) is 17.2 Å². The van der Waals surface area contributed by atoms with Crippen LogP contribution in [-0.2, 0) is 9.53 Å². The zero-order valence-corrected chi connectivity index (χ0v) is 11.0. The van der Waals surface area contributed by atoms with E-state index in [2.05, 4.69) is 5.32 Å². The van der Waals surface area contributed by atoms with E-state index in [1.54, 1.807) is 6.07 Å². The molecule has 0 radical (unpaired) electrons. The van der Waals surface area contributed by atoms with Crippen LogP contribution < -0.4 is 5.32 Å². The van der Waals surface area contributed by atoms with E-state index >= 15 is 0 Å². The number of ether oxygens (including phenoxy) is 1. The van der Waals surface area contributed by atoms with Crippen molar-refractivity contribution < 1.29 is 13.9 Å². The number of hydrogen-bond donors (Lipinski definition) is 1. The van der Waals surface area contributed by atoms with Crippen LogP contribution in [0, 0.1) is 5.82 Å². The molecule has 3 rings (SSSR count). The fraction of sp³-hybridized carbons (Fsp3) is 0.267. The molecule has 0 atom stereocenters. The number of carbonyl (C=O) groups is 1. The second kappa shape index (κ2) is 3.70. The van der Waals surface area contributed by atoms with Gasteiger partial charge in [-0.3, -0.25) is 4.79 Å². The number of benzene rings is 1. The third-order valence-corrected chi connectivity index (χ3v) is 3.63. The van der Waals surface area contributed by atoms with Crippen molar-refractivity contribution in [1.29, 1.82) is 0 Å². The molecule has 1 aromatic carbocycles. The van der Waals surface area contributed by atoms with Gasteiger partial charge in [-0.1, -0.05) is 0 Å². The fourth-order valence-electron chi connectivity index (χ4n) is 2.27. The first-order chi connectivity index (χ1) is 8.88. The summed E-state index contributed by atoms with van der Waals surface area (Å²) in [5, 5.41) is 2.66. The van der Waals surface area contributed by atoms with Gasteiger partial charge >= 0.3 is 0 Å². The van der Waals surface area contributed by atoms with E-state index in [1.165, 1.54) is 12.1 Å². The van der Waals surface area contributed by atoms with Crippen LogP contribution in [0.1, 0.15) is 26.3 Å². The molecule has 0 fully saturated rings. The van der Waals surface area contributed by atoms with Crippen LogP contribution >= 0.6 is 0 Å². The summed E-state index contributed by atoms with van der Waals surface area (Å²) >= 11 is 0. The number of nitrogens with one attached hydrogen (secondary N) is 1. The van der Waals surface area contributed by atoms with E-state index in [1.807, 2.05) is 26.8 Å². The predicted octanol–water partition coefficient (Wildman–Crippen LogP) is 3.24. The van der Waals surface area contributed by atoms with Gasteiger partial charge in [0.05, 0.1) is 11.3 Å². The van der Waals surface area contributed by atoms with Crippen LogP contribution in [0.15, 0.2) is 35.6 Å². The molecule has 1 amide bonds. The Morgan fingerprint density at radius 1 is 1.32 bits per heavy atom. The van der Waals surface area contributed by atoms with E-state index in [-0.39, 0.29) is 11.7 Å². The summed E-state index contributed by atoms with van der Waals surface area (Å²) in [4.78, 5) is 12.0. The predicted molar refractivity (Wildman–Crippen MR) is 70.9 cm³/mol. The molecule has 1 aromatic rings. The van der Waals surface area contributed by atoms with Crippen LogP contribution in [0.2, 0.25) is 0 Å². The molecule has 0 aromatic heterocycles. The van der Waals surface area contributed by atoms with Gasteiger partial charge in [0.25, 0.3) is 5.91 Å². The maximum atomic E-state index is 13.2. The van der Waals surface area contributed by atoms with Crippen molar-refractivity contribution in [2.24, 2.45) is 0 Å². The highest BCUT2D eigenvalue weighted by Gasteiger charge is 2.35. The Hall–Kier alpha value is -2.10. The van der Waals surface area contributed by atoms with Crippen LogP contribution in [0.4, 0.5) is 10.1 Å². The Morgan fingerprint density at radius 3 is 2.68 bits per heavy atom. The molecule has 0 aliphatic carbocycles. The van der Waals surface area contributed by atoms with Crippen molar-refractivity contribution >= 4 is 17.2 Å². The smallest absolute Gasteiger partial charge is 0.260 e. The first-order valence-electron chi connectivity index (χ1n) is 6.12. The summed E-state index contributed by atoms with van der Waals surface area (Å²) in [5.74, 6) is -0.0765. The van der Waals surface area contributed by atoms with Crippen molar-refractivity contribution in [2.45, 2.75) is 26.4 Å². The molecule has 0 unspecified atom stereocenters. The maximum absolute atomic E-state index is 13.2. The third-order valence-electron chi connectivity index (χ3n) is 3.63. The van der Waals surface area contributed by atoms with Crippen LogP contribution in [0.3, 0.4) is 0 Å². The monoisotopic (exact) mass is 259 g/mol. The quantitative estimate of drug-likeness (QED) is 0.726. The Morgan fingerprint density at radius 2 is 2.05 bits per heavy atom. The second-order valence-corrected chi connectivity index (χ2v) is 5.32.